The highest BCUT2D eigenvalue weighted by Gasteiger charge is 2.24. The molecular formula is C37H77N2O6P. The highest BCUT2D eigenvalue weighted by molar-refractivity contribution is 7.45. The summed E-state index contributed by atoms with van der Waals surface area (Å²) in [6.45, 7) is 4.55. The van der Waals surface area contributed by atoms with Crippen molar-refractivity contribution >= 4 is 13.7 Å². The maximum absolute atomic E-state index is 12.4. The van der Waals surface area contributed by atoms with Crippen LogP contribution in [0, 0.1) is 0 Å². The number of unbranched alkanes of at least 4 members (excludes halogenated alkanes) is 22. The summed E-state index contributed by atoms with van der Waals surface area (Å²) < 4.78 is 22.9. The van der Waals surface area contributed by atoms with E-state index in [2.05, 4.69) is 19.2 Å². The van der Waals surface area contributed by atoms with Crippen molar-refractivity contribution in [3.05, 3.63) is 0 Å². The number of aliphatic hydroxyl groups excluding tert-OH is 1. The first-order chi connectivity index (χ1) is 22.0. The quantitative estimate of drug-likeness (QED) is 0.0394. The minimum Gasteiger partial charge on any atom is -0.756 e. The third-order valence-corrected chi connectivity index (χ3v) is 9.81. The van der Waals surface area contributed by atoms with Crippen LogP contribution in [0.25, 0.3) is 0 Å². The Bertz CT molecular complexity index is 733. The zero-order chi connectivity index (χ0) is 34.4. The van der Waals surface area contributed by atoms with E-state index in [-0.39, 0.29) is 19.1 Å². The topological polar surface area (TPSA) is 108 Å². The lowest BCUT2D eigenvalue weighted by Gasteiger charge is -2.30. The van der Waals surface area contributed by atoms with Crippen LogP contribution in [-0.4, -0.2) is 68.5 Å². The normalized spacial score (nSPS) is 14.7. The number of carbonyl (C=O) groups is 1. The van der Waals surface area contributed by atoms with Crippen LogP contribution in [0.1, 0.15) is 181 Å². The number of phosphoric acid groups is 1. The smallest absolute Gasteiger partial charge is 0.268 e. The van der Waals surface area contributed by atoms with Gasteiger partial charge in [-0.25, -0.2) is 0 Å². The molecule has 0 aliphatic carbocycles. The number of rotatable bonds is 35. The average Bonchev–Trinajstić information content (AvgIpc) is 2.99. The second-order valence-electron chi connectivity index (χ2n) is 14.6. The maximum atomic E-state index is 12.4. The molecule has 2 N–H and O–H groups in total. The Labute approximate surface area is 285 Å². The predicted octanol–water partition coefficient (Wildman–Crippen LogP) is 9.22. The van der Waals surface area contributed by atoms with Crippen molar-refractivity contribution in [2.45, 2.75) is 193 Å². The zero-order valence-electron chi connectivity index (χ0n) is 31.0. The summed E-state index contributed by atoms with van der Waals surface area (Å²) in [6, 6.07) is -0.788. The molecule has 0 aliphatic rings. The van der Waals surface area contributed by atoms with E-state index in [9.17, 15) is 19.4 Å². The largest absolute Gasteiger partial charge is 0.756 e. The molecule has 0 rings (SSSR count). The van der Waals surface area contributed by atoms with E-state index in [1.165, 1.54) is 116 Å². The lowest BCUT2D eigenvalue weighted by Crippen LogP contribution is -2.46. The zero-order valence-corrected chi connectivity index (χ0v) is 31.9. The van der Waals surface area contributed by atoms with Crippen LogP contribution in [0.5, 0.6) is 0 Å². The van der Waals surface area contributed by atoms with Crippen LogP contribution < -0.4 is 10.2 Å². The van der Waals surface area contributed by atoms with Crippen molar-refractivity contribution in [1.82, 2.24) is 5.32 Å². The van der Waals surface area contributed by atoms with Crippen LogP contribution in [-0.2, 0) is 18.4 Å². The molecule has 0 spiro atoms. The molecule has 8 nitrogen and oxygen atoms in total. The van der Waals surface area contributed by atoms with Gasteiger partial charge >= 0.3 is 0 Å². The van der Waals surface area contributed by atoms with Gasteiger partial charge in [0.25, 0.3) is 7.82 Å². The average molecular weight is 677 g/mol. The van der Waals surface area contributed by atoms with Gasteiger partial charge in [0.1, 0.15) is 13.2 Å². The lowest BCUT2D eigenvalue weighted by molar-refractivity contribution is -0.870. The lowest BCUT2D eigenvalue weighted by atomic mass is 10.0. The Hall–Kier alpha value is -0.500. The molecule has 0 aromatic heterocycles. The molecular weight excluding hydrogens is 599 g/mol. The number of aliphatic hydroxyl groups is 1. The Morgan fingerprint density at radius 1 is 0.674 bits per heavy atom. The number of amides is 1. The number of hydrogen-bond donors (Lipinski definition) is 2. The molecule has 0 saturated heterocycles. The second kappa shape index (κ2) is 30.6. The first-order valence-corrected chi connectivity index (χ1v) is 20.8. The predicted molar refractivity (Wildman–Crippen MR) is 192 cm³/mol. The van der Waals surface area contributed by atoms with E-state index >= 15 is 0 Å². The molecule has 0 bridgehead atoms. The number of nitrogens with one attached hydrogen (secondary N) is 1. The SMILES string of the molecule is CCCCCCCCCCCCCCCCCCCCCCCC(O)C(COP(=O)([O-])OCC[N+](C)(C)C)NC(=O)CCCCC. The van der Waals surface area contributed by atoms with Crippen LogP contribution in [0.2, 0.25) is 0 Å². The van der Waals surface area contributed by atoms with Gasteiger partial charge < -0.3 is 28.8 Å². The standard InChI is InChI=1S/C37H77N2O6P/c1-6-8-10-11-12-13-14-15-16-17-18-19-20-21-22-23-24-25-26-27-29-30-36(40)35(38-37(41)31-28-9-7-2)34-45-46(42,43)44-33-32-39(3,4)5/h35-36,40H,6-34H2,1-5H3,(H-,38,41,42,43). The van der Waals surface area contributed by atoms with Crippen LogP contribution in [0.3, 0.4) is 0 Å². The molecule has 0 heterocycles. The van der Waals surface area contributed by atoms with Gasteiger partial charge in [-0.05, 0) is 12.8 Å². The third-order valence-electron chi connectivity index (χ3n) is 8.85. The van der Waals surface area contributed by atoms with Crippen molar-refractivity contribution in [3.63, 3.8) is 0 Å². The second-order valence-corrected chi connectivity index (χ2v) is 16.1. The Morgan fingerprint density at radius 2 is 1.07 bits per heavy atom. The molecule has 0 saturated carbocycles. The Kier molecular flexibility index (Phi) is 30.2. The summed E-state index contributed by atoms with van der Waals surface area (Å²) in [7, 11) is 1.31. The molecule has 0 aliphatic heterocycles. The minimum atomic E-state index is -4.53. The fourth-order valence-electron chi connectivity index (χ4n) is 5.69. The van der Waals surface area contributed by atoms with Crippen LogP contribution in [0.4, 0.5) is 0 Å². The van der Waals surface area contributed by atoms with Crippen molar-refractivity contribution in [3.8, 4) is 0 Å². The number of likely N-dealkylation sites (N-methyl/N-ethyl adjacent to an activating group) is 1. The van der Waals surface area contributed by atoms with Gasteiger partial charge in [-0.2, -0.15) is 0 Å². The van der Waals surface area contributed by atoms with Gasteiger partial charge in [-0.15, -0.1) is 0 Å². The third kappa shape index (κ3) is 32.1. The first kappa shape index (κ1) is 45.5. The van der Waals surface area contributed by atoms with Crippen molar-refractivity contribution in [2.24, 2.45) is 0 Å². The van der Waals surface area contributed by atoms with E-state index < -0.39 is 20.0 Å². The molecule has 3 unspecified atom stereocenters. The monoisotopic (exact) mass is 677 g/mol. The minimum absolute atomic E-state index is 0.0142. The number of quaternary nitrogens is 1. The van der Waals surface area contributed by atoms with E-state index in [0.717, 1.165) is 38.5 Å². The van der Waals surface area contributed by atoms with Gasteiger partial charge in [0.05, 0.1) is 39.9 Å². The van der Waals surface area contributed by atoms with Crippen molar-refractivity contribution < 1.29 is 32.9 Å². The molecule has 0 aromatic carbocycles. The Morgan fingerprint density at radius 3 is 1.48 bits per heavy atom. The summed E-state index contributed by atoms with van der Waals surface area (Å²) in [4.78, 5) is 24.7. The van der Waals surface area contributed by atoms with Crippen LogP contribution >= 0.6 is 7.82 Å². The van der Waals surface area contributed by atoms with Gasteiger partial charge in [-0.1, -0.05) is 162 Å². The molecule has 1 amide bonds. The summed E-state index contributed by atoms with van der Waals surface area (Å²) in [6.07, 6.45) is 30.5. The maximum Gasteiger partial charge on any atom is 0.268 e. The summed E-state index contributed by atoms with van der Waals surface area (Å²) in [5.74, 6) is -0.188. The highest BCUT2D eigenvalue weighted by atomic mass is 31.2. The number of phosphoric ester groups is 1. The highest BCUT2D eigenvalue weighted by Crippen LogP contribution is 2.38. The molecule has 0 radical (unpaired) electrons. The van der Waals surface area contributed by atoms with E-state index in [0.29, 0.717) is 23.9 Å². The molecule has 46 heavy (non-hydrogen) atoms. The fourth-order valence-corrected chi connectivity index (χ4v) is 6.41. The number of nitrogens with zero attached hydrogens (tertiary/aromatic N) is 1. The van der Waals surface area contributed by atoms with E-state index in [4.69, 9.17) is 9.05 Å². The van der Waals surface area contributed by atoms with Gasteiger partial charge in [0, 0.05) is 6.42 Å². The molecule has 276 valence electrons. The van der Waals surface area contributed by atoms with Gasteiger partial charge in [0.2, 0.25) is 5.91 Å². The van der Waals surface area contributed by atoms with E-state index in [1.807, 2.05) is 21.1 Å². The summed E-state index contributed by atoms with van der Waals surface area (Å²) in [5.41, 5.74) is 0. The van der Waals surface area contributed by atoms with Crippen LogP contribution in [0.15, 0.2) is 0 Å². The first-order valence-electron chi connectivity index (χ1n) is 19.4. The number of hydrogen-bond acceptors (Lipinski definition) is 6. The van der Waals surface area contributed by atoms with Crippen molar-refractivity contribution in [1.29, 1.82) is 0 Å². The molecule has 0 fully saturated rings. The molecule has 9 heteroatoms. The number of carbonyl (C=O) groups excluding carboxylic acids is 1. The summed E-state index contributed by atoms with van der Waals surface area (Å²) in [5, 5.41) is 13.6. The van der Waals surface area contributed by atoms with Gasteiger partial charge in [0.15, 0.2) is 0 Å². The fraction of sp³-hybridized carbons (Fsp3) is 0.973. The van der Waals surface area contributed by atoms with Crippen molar-refractivity contribution in [2.75, 3.05) is 40.9 Å². The van der Waals surface area contributed by atoms with Gasteiger partial charge in [-0.3, -0.25) is 9.36 Å². The summed E-state index contributed by atoms with van der Waals surface area (Å²) >= 11 is 0. The molecule has 0 aromatic rings. The molecule has 3 atom stereocenters. The Balaban J connectivity index is 4.01. The van der Waals surface area contributed by atoms with E-state index in [1.54, 1.807) is 0 Å².